The standard InChI is InChI=1S/C38H50FN5O9/c1-5-12-27(32(46)35(49)40-22-29(45)43-31(36(50)51)25-15-10-7-11-16-25)41-33(47)28(21-23-17-19-26(39)20-18-23)42-34(48)30(24-13-8-6-9-14-24)44-37(52)53-38(2,3)4/h7,10-11,15-20,24,27-28,30-31H,5-6,8-9,12-14,21-22H2,1-4H3,(H,40,49)(H,41,47)(H,42,48)(H,43,45)(H,44,52)(H,50,51)/t27?,28-,30-,31-/m0/s1. The maximum atomic E-state index is 13.9. The number of ketones is 1. The fraction of sp³-hybridized carbons (Fsp3) is 0.500. The molecule has 6 N–H and O–H groups in total. The Labute approximate surface area is 308 Å². The highest BCUT2D eigenvalue weighted by molar-refractivity contribution is 6.38. The molecule has 0 heterocycles. The second kappa shape index (κ2) is 20.0. The van der Waals surface area contributed by atoms with Crippen LogP contribution in [0.3, 0.4) is 0 Å². The van der Waals surface area contributed by atoms with Crippen LogP contribution in [0.1, 0.15) is 89.8 Å². The molecular weight excluding hydrogens is 689 g/mol. The molecule has 0 aliphatic heterocycles. The maximum absolute atomic E-state index is 13.9. The highest BCUT2D eigenvalue weighted by Crippen LogP contribution is 2.27. The van der Waals surface area contributed by atoms with Crippen molar-refractivity contribution in [3.05, 3.63) is 71.5 Å². The highest BCUT2D eigenvalue weighted by atomic mass is 19.1. The Morgan fingerprint density at radius 3 is 2.04 bits per heavy atom. The van der Waals surface area contributed by atoms with Gasteiger partial charge in [0.2, 0.25) is 23.5 Å². The van der Waals surface area contributed by atoms with E-state index < -0.39 is 83.6 Å². The molecule has 2 aromatic rings. The van der Waals surface area contributed by atoms with Gasteiger partial charge in [0.15, 0.2) is 6.04 Å². The zero-order valence-electron chi connectivity index (χ0n) is 30.5. The molecule has 1 aliphatic rings. The van der Waals surface area contributed by atoms with E-state index in [1.54, 1.807) is 45.9 Å². The molecule has 1 unspecified atom stereocenters. The lowest BCUT2D eigenvalue weighted by Crippen LogP contribution is -2.59. The maximum Gasteiger partial charge on any atom is 0.408 e. The van der Waals surface area contributed by atoms with Crippen molar-refractivity contribution in [2.45, 2.75) is 109 Å². The van der Waals surface area contributed by atoms with E-state index >= 15 is 0 Å². The lowest BCUT2D eigenvalue weighted by molar-refractivity contribution is -0.142. The number of rotatable bonds is 17. The van der Waals surface area contributed by atoms with Gasteiger partial charge in [-0.2, -0.15) is 0 Å². The zero-order chi connectivity index (χ0) is 39.1. The van der Waals surface area contributed by atoms with Gasteiger partial charge in [-0.25, -0.2) is 14.0 Å². The molecule has 0 bridgehead atoms. The van der Waals surface area contributed by atoms with Crippen molar-refractivity contribution >= 4 is 41.5 Å². The third kappa shape index (κ3) is 14.0. The number of hydrogen-bond acceptors (Lipinski definition) is 8. The van der Waals surface area contributed by atoms with Crippen molar-refractivity contribution in [1.82, 2.24) is 26.6 Å². The minimum absolute atomic E-state index is 0.0292. The number of carbonyl (C=O) groups is 7. The van der Waals surface area contributed by atoms with Gasteiger partial charge in [0.25, 0.3) is 5.91 Å². The molecule has 0 radical (unpaired) electrons. The number of ether oxygens (including phenoxy) is 1. The van der Waals surface area contributed by atoms with Crippen LogP contribution in [0.15, 0.2) is 54.6 Å². The number of amides is 5. The quantitative estimate of drug-likeness (QED) is 0.131. The summed E-state index contributed by atoms with van der Waals surface area (Å²) in [5.41, 5.74) is -0.0456. The molecule has 15 heteroatoms. The number of Topliss-reactive ketones (excluding diaryl/α,β-unsaturated/α-hetero) is 1. The second-order valence-electron chi connectivity index (χ2n) is 14.1. The molecule has 53 heavy (non-hydrogen) atoms. The number of carboxylic acids is 1. The van der Waals surface area contributed by atoms with Crippen LogP contribution in [0, 0.1) is 11.7 Å². The number of carboxylic acid groups (broad SMARTS) is 1. The van der Waals surface area contributed by atoms with Gasteiger partial charge in [-0.1, -0.05) is 75.1 Å². The van der Waals surface area contributed by atoms with Crippen LogP contribution >= 0.6 is 0 Å². The van der Waals surface area contributed by atoms with E-state index in [2.05, 4.69) is 26.6 Å². The molecule has 14 nitrogen and oxygen atoms in total. The molecule has 2 aromatic carbocycles. The number of carbonyl (C=O) groups excluding carboxylic acids is 6. The summed E-state index contributed by atoms with van der Waals surface area (Å²) in [6.07, 6.45) is 3.47. The molecule has 0 aromatic heterocycles. The average Bonchev–Trinajstić information content (AvgIpc) is 3.11. The Morgan fingerprint density at radius 2 is 1.45 bits per heavy atom. The minimum Gasteiger partial charge on any atom is -0.479 e. The van der Waals surface area contributed by atoms with E-state index in [1.807, 2.05) is 0 Å². The summed E-state index contributed by atoms with van der Waals surface area (Å²) in [6.45, 7) is 6.08. The largest absolute Gasteiger partial charge is 0.479 e. The van der Waals surface area contributed by atoms with Crippen molar-refractivity contribution in [3.63, 3.8) is 0 Å². The van der Waals surface area contributed by atoms with Crippen molar-refractivity contribution in [3.8, 4) is 0 Å². The minimum atomic E-state index is -1.39. The van der Waals surface area contributed by atoms with Crippen molar-refractivity contribution in [2.24, 2.45) is 5.92 Å². The van der Waals surface area contributed by atoms with Gasteiger partial charge in [0.05, 0.1) is 12.6 Å². The molecule has 1 aliphatic carbocycles. The summed E-state index contributed by atoms with van der Waals surface area (Å²) < 4.78 is 19.1. The number of hydrogen-bond donors (Lipinski definition) is 6. The molecular formula is C38H50FN5O9. The van der Waals surface area contributed by atoms with Gasteiger partial charge in [-0.15, -0.1) is 0 Å². The number of alkyl carbamates (subject to hydrolysis) is 1. The van der Waals surface area contributed by atoms with Crippen LogP contribution in [0.5, 0.6) is 0 Å². The van der Waals surface area contributed by atoms with E-state index in [0.717, 1.165) is 19.3 Å². The van der Waals surface area contributed by atoms with E-state index in [-0.39, 0.29) is 18.8 Å². The average molecular weight is 740 g/mol. The predicted octanol–water partition coefficient (Wildman–Crippen LogP) is 3.24. The van der Waals surface area contributed by atoms with Gasteiger partial charge in [0.1, 0.15) is 23.5 Å². The Morgan fingerprint density at radius 1 is 0.830 bits per heavy atom. The normalized spacial score (nSPS) is 15.4. The van der Waals surface area contributed by atoms with Gasteiger partial charge >= 0.3 is 12.1 Å². The topological polar surface area (TPSA) is 209 Å². The van der Waals surface area contributed by atoms with E-state index in [1.165, 1.54) is 36.4 Å². The smallest absolute Gasteiger partial charge is 0.408 e. The first-order valence-electron chi connectivity index (χ1n) is 17.8. The molecule has 0 spiro atoms. The van der Waals surface area contributed by atoms with Crippen LogP contribution in [0.2, 0.25) is 0 Å². The van der Waals surface area contributed by atoms with Crippen LogP contribution in [-0.4, -0.2) is 76.9 Å². The summed E-state index contributed by atoms with van der Waals surface area (Å²) in [6, 6.07) is 8.09. The number of aliphatic carboxylic acids is 1. The first-order chi connectivity index (χ1) is 25.1. The van der Waals surface area contributed by atoms with E-state index in [4.69, 9.17) is 4.74 Å². The van der Waals surface area contributed by atoms with Crippen molar-refractivity contribution < 1.29 is 47.8 Å². The van der Waals surface area contributed by atoms with Gasteiger partial charge in [-0.3, -0.25) is 24.0 Å². The molecule has 1 saturated carbocycles. The molecule has 1 fully saturated rings. The molecule has 4 atom stereocenters. The third-order valence-corrected chi connectivity index (χ3v) is 8.59. The monoisotopic (exact) mass is 739 g/mol. The van der Waals surface area contributed by atoms with Crippen LogP contribution < -0.4 is 26.6 Å². The number of nitrogens with one attached hydrogen (secondary N) is 5. The fourth-order valence-corrected chi connectivity index (χ4v) is 6.01. The van der Waals surface area contributed by atoms with Gasteiger partial charge in [0, 0.05) is 6.42 Å². The predicted molar refractivity (Wildman–Crippen MR) is 192 cm³/mol. The molecule has 5 amide bonds. The molecule has 0 saturated heterocycles. The third-order valence-electron chi connectivity index (χ3n) is 8.59. The summed E-state index contributed by atoms with van der Waals surface area (Å²) in [5.74, 6) is -6.66. The lowest BCUT2D eigenvalue weighted by atomic mass is 9.83. The Hall–Kier alpha value is -5.34. The fourth-order valence-electron chi connectivity index (χ4n) is 6.01. The Bertz CT molecular complexity index is 1590. The van der Waals surface area contributed by atoms with Gasteiger partial charge < -0.3 is 36.4 Å². The Kier molecular flexibility index (Phi) is 15.9. The van der Waals surface area contributed by atoms with Crippen LogP contribution in [-0.2, 0) is 39.9 Å². The first kappa shape index (κ1) is 42.1. The Balaban J connectivity index is 1.76. The summed E-state index contributed by atoms with van der Waals surface area (Å²) >= 11 is 0. The SMILES string of the molecule is CCCC(NC(=O)[C@H](Cc1ccc(F)cc1)NC(=O)[C@@H](NC(=O)OC(C)(C)C)C1CCCCC1)C(=O)C(=O)NCC(=O)N[C@H](C(=O)O)c1ccccc1. The second-order valence-corrected chi connectivity index (χ2v) is 14.1. The first-order valence-corrected chi connectivity index (χ1v) is 17.8. The van der Waals surface area contributed by atoms with Gasteiger partial charge in [-0.05, 0) is 69.2 Å². The summed E-state index contributed by atoms with van der Waals surface area (Å²) in [7, 11) is 0. The van der Waals surface area contributed by atoms with Crippen LogP contribution in [0.25, 0.3) is 0 Å². The van der Waals surface area contributed by atoms with Crippen LogP contribution in [0.4, 0.5) is 9.18 Å². The van der Waals surface area contributed by atoms with Crippen molar-refractivity contribution in [1.29, 1.82) is 0 Å². The van der Waals surface area contributed by atoms with E-state index in [0.29, 0.717) is 30.4 Å². The number of benzene rings is 2. The summed E-state index contributed by atoms with van der Waals surface area (Å²) in [4.78, 5) is 91.0. The van der Waals surface area contributed by atoms with Crippen molar-refractivity contribution in [2.75, 3.05) is 6.54 Å². The van der Waals surface area contributed by atoms with E-state index in [9.17, 15) is 43.1 Å². The zero-order valence-corrected chi connectivity index (χ0v) is 30.5. The molecule has 3 rings (SSSR count). The highest BCUT2D eigenvalue weighted by Gasteiger charge is 2.36. The molecule has 288 valence electrons. The number of halogens is 1. The summed E-state index contributed by atoms with van der Waals surface area (Å²) in [5, 5.41) is 22.0. The lowest BCUT2D eigenvalue weighted by Gasteiger charge is -2.32.